The maximum Gasteiger partial charge on any atom is 0.271 e. The predicted octanol–water partition coefficient (Wildman–Crippen LogP) is 3.69. The van der Waals surface area contributed by atoms with Crippen LogP contribution in [0.15, 0.2) is 53.3 Å². The highest BCUT2D eigenvalue weighted by molar-refractivity contribution is 6.30. The maximum absolute atomic E-state index is 12.8. The highest BCUT2D eigenvalue weighted by atomic mass is 35.5. The van der Waals surface area contributed by atoms with E-state index in [2.05, 4.69) is 10.4 Å². The lowest BCUT2D eigenvalue weighted by atomic mass is 10.1. The molecule has 0 aliphatic rings. The van der Waals surface area contributed by atoms with Crippen molar-refractivity contribution in [3.63, 3.8) is 0 Å². The Hall–Kier alpha value is -3.52. The molecule has 3 aromatic rings. The Labute approximate surface area is 197 Å². The van der Waals surface area contributed by atoms with Crippen LogP contribution in [0.1, 0.15) is 24.5 Å². The van der Waals surface area contributed by atoms with E-state index in [1.165, 1.54) is 16.8 Å². The summed E-state index contributed by atoms with van der Waals surface area (Å²) >= 11 is 6.09. The van der Waals surface area contributed by atoms with Crippen molar-refractivity contribution in [3.05, 3.63) is 75.0 Å². The smallest absolute Gasteiger partial charge is 0.271 e. The summed E-state index contributed by atoms with van der Waals surface area (Å²) in [6.45, 7) is 3.91. The number of benzene rings is 2. The van der Waals surface area contributed by atoms with Crippen LogP contribution in [-0.2, 0) is 11.3 Å². The highest BCUT2D eigenvalue weighted by Crippen LogP contribution is 2.24. The van der Waals surface area contributed by atoms with Crippen LogP contribution in [0.4, 0.5) is 0 Å². The normalized spacial score (nSPS) is 11.5. The number of rotatable bonds is 9. The molecule has 9 heteroatoms. The second-order valence-electron chi connectivity index (χ2n) is 7.26. The summed E-state index contributed by atoms with van der Waals surface area (Å²) in [6, 6.07) is 13.3. The molecule has 1 amide bonds. The van der Waals surface area contributed by atoms with Crippen molar-refractivity contribution in [2.45, 2.75) is 32.9 Å². The number of nitrogens with one attached hydrogen (secondary N) is 1. The van der Waals surface area contributed by atoms with E-state index >= 15 is 0 Å². The molecule has 1 heterocycles. The Morgan fingerprint density at radius 3 is 2.61 bits per heavy atom. The Kier molecular flexibility index (Phi) is 7.95. The van der Waals surface area contributed by atoms with Gasteiger partial charge in [-0.15, -0.1) is 5.10 Å². The van der Waals surface area contributed by atoms with Gasteiger partial charge in [0.05, 0.1) is 19.9 Å². The van der Waals surface area contributed by atoms with Gasteiger partial charge in [0.1, 0.15) is 11.5 Å². The van der Waals surface area contributed by atoms with Crippen molar-refractivity contribution in [1.82, 2.24) is 15.1 Å². The predicted molar refractivity (Wildman–Crippen MR) is 126 cm³/mol. The van der Waals surface area contributed by atoms with E-state index in [0.717, 1.165) is 11.1 Å². The Morgan fingerprint density at radius 1 is 1.12 bits per heavy atom. The third-order valence-corrected chi connectivity index (χ3v) is 5.28. The molecule has 1 unspecified atom stereocenters. The minimum absolute atomic E-state index is 0.148. The van der Waals surface area contributed by atoms with Gasteiger partial charge in [0, 0.05) is 29.3 Å². The first-order chi connectivity index (χ1) is 15.9. The molecular formula is C24H26ClN3O5. The number of carbonyl (C=O) groups excluding carboxylic acids is 1. The molecule has 0 aliphatic heterocycles. The number of aryl methyl sites for hydroxylation is 1. The summed E-state index contributed by atoms with van der Waals surface area (Å²) in [5, 5.41) is 7.63. The molecule has 174 valence electrons. The molecule has 2 aromatic carbocycles. The summed E-state index contributed by atoms with van der Waals surface area (Å²) < 4.78 is 17.6. The molecule has 8 nitrogen and oxygen atoms in total. The maximum atomic E-state index is 12.8. The zero-order valence-corrected chi connectivity index (χ0v) is 19.7. The summed E-state index contributed by atoms with van der Waals surface area (Å²) in [6.07, 6.45) is -0.404. The van der Waals surface area contributed by atoms with Crippen molar-refractivity contribution >= 4 is 17.5 Å². The standard InChI is InChI=1S/C24H26ClN3O5/c1-5-20(24(30)26-14-16-12-18(31-3)8-9-21(16)32-4)33-22-10-11-23(29)28(27-22)19-13-17(25)7-6-15(19)2/h6-13,20H,5,14H2,1-4H3,(H,26,30). The number of aromatic nitrogens is 2. The van der Waals surface area contributed by atoms with E-state index in [0.29, 0.717) is 28.6 Å². The number of methoxy groups -OCH3 is 2. The van der Waals surface area contributed by atoms with Crippen LogP contribution < -0.4 is 25.1 Å². The lowest BCUT2D eigenvalue weighted by molar-refractivity contribution is -0.128. The van der Waals surface area contributed by atoms with Gasteiger partial charge >= 0.3 is 0 Å². The Balaban J connectivity index is 1.76. The minimum Gasteiger partial charge on any atom is -0.497 e. The van der Waals surface area contributed by atoms with E-state index in [-0.39, 0.29) is 23.9 Å². The third-order valence-electron chi connectivity index (χ3n) is 5.04. The third kappa shape index (κ3) is 5.84. The van der Waals surface area contributed by atoms with E-state index < -0.39 is 6.10 Å². The molecule has 0 saturated carbocycles. The van der Waals surface area contributed by atoms with E-state index in [1.54, 1.807) is 50.6 Å². The second kappa shape index (κ2) is 10.9. The number of carbonyl (C=O) groups is 1. The zero-order chi connectivity index (χ0) is 24.0. The highest BCUT2D eigenvalue weighted by Gasteiger charge is 2.20. The number of halogens is 1. The summed E-state index contributed by atoms with van der Waals surface area (Å²) in [4.78, 5) is 25.2. The van der Waals surface area contributed by atoms with Gasteiger partial charge in [-0.1, -0.05) is 24.6 Å². The van der Waals surface area contributed by atoms with Crippen molar-refractivity contribution < 1.29 is 19.0 Å². The quantitative estimate of drug-likeness (QED) is 0.511. The molecule has 1 N–H and O–H groups in total. The van der Waals surface area contributed by atoms with Crippen LogP contribution in [0.3, 0.4) is 0 Å². The first kappa shape index (κ1) is 24.1. The molecule has 0 bridgehead atoms. The number of hydrogen-bond acceptors (Lipinski definition) is 6. The minimum atomic E-state index is -0.805. The fraction of sp³-hybridized carbons (Fsp3) is 0.292. The summed E-state index contributed by atoms with van der Waals surface area (Å²) in [7, 11) is 3.13. The van der Waals surface area contributed by atoms with Gasteiger partial charge in [0.2, 0.25) is 5.88 Å². The van der Waals surface area contributed by atoms with Gasteiger partial charge < -0.3 is 19.5 Å². The monoisotopic (exact) mass is 471 g/mol. The molecule has 3 rings (SSSR count). The fourth-order valence-corrected chi connectivity index (χ4v) is 3.39. The van der Waals surface area contributed by atoms with E-state index in [1.807, 2.05) is 13.8 Å². The SMILES string of the molecule is CCC(Oc1ccc(=O)n(-c2cc(Cl)ccc2C)n1)C(=O)NCc1cc(OC)ccc1OC. The largest absolute Gasteiger partial charge is 0.497 e. The number of nitrogens with zero attached hydrogens (tertiary/aromatic N) is 2. The number of hydrogen-bond donors (Lipinski definition) is 1. The van der Waals surface area contributed by atoms with Gasteiger partial charge in [0.25, 0.3) is 11.5 Å². The van der Waals surface area contributed by atoms with Crippen molar-refractivity contribution in [2.75, 3.05) is 14.2 Å². The van der Waals surface area contributed by atoms with Crippen LogP contribution in [0.25, 0.3) is 5.69 Å². The number of amides is 1. The molecule has 0 saturated heterocycles. The Morgan fingerprint density at radius 2 is 1.91 bits per heavy atom. The van der Waals surface area contributed by atoms with Crippen LogP contribution >= 0.6 is 11.6 Å². The average molecular weight is 472 g/mol. The van der Waals surface area contributed by atoms with Crippen LogP contribution in [0.2, 0.25) is 5.02 Å². The van der Waals surface area contributed by atoms with Crippen LogP contribution in [0, 0.1) is 6.92 Å². The fourth-order valence-electron chi connectivity index (χ4n) is 3.22. The molecule has 1 atom stereocenters. The lowest BCUT2D eigenvalue weighted by Gasteiger charge is -2.18. The van der Waals surface area contributed by atoms with Gasteiger partial charge in [-0.3, -0.25) is 9.59 Å². The molecule has 33 heavy (non-hydrogen) atoms. The van der Waals surface area contributed by atoms with Crippen LogP contribution in [0.5, 0.6) is 17.4 Å². The first-order valence-corrected chi connectivity index (χ1v) is 10.8. The summed E-state index contributed by atoms with van der Waals surface area (Å²) in [5.41, 5.74) is 1.79. The molecular weight excluding hydrogens is 446 g/mol. The molecule has 0 aliphatic carbocycles. The summed E-state index contributed by atoms with van der Waals surface area (Å²) in [5.74, 6) is 1.12. The second-order valence-corrected chi connectivity index (χ2v) is 7.70. The average Bonchev–Trinajstić information content (AvgIpc) is 2.83. The van der Waals surface area contributed by atoms with Crippen molar-refractivity contribution in [1.29, 1.82) is 0 Å². The topological polar surface area (TPSA) is 91.7 Å². The first-order valence-electron chi connectivity index (χ1n) is 10.4. The van der Waals surface area contributed by atoms with Crippen LogP contribution in [-0.4, -0.2) is 36.0 Å². The molecule has 0 spiro atoms. The number of ether oxygens (including phenoxy) is 3. The van der Waals surface area contributed by atoms with Gasteiger partial charge in [-0.25, -0.2) is 0 Å². The van der Waals surface area contributed by atoms with Gasteiger partial charge in [0.15, 0.2) is 6.10 Å². The molecule has 0 fully saturated rings. The molecule has 0 radical (unpaired) electrons. The van der Waals surface area contributed by atoms with Crippen molar-refractivity contribution in [3.8, 4) is 23.1 Å². The van der Waals surface area contributed by atoms with E-state index in [9.17, 15) is 9.59 Å². The zero-order valence-electron chi connectivity index (χ0n) is 18.9. The van der Waals surface area contributed by atoms with Gasteiger partial charge in [-0.2, -0.15) is 4.68 Å². The Bertz CT molecular complexity index is 1190. The molecule has 1 aromatic heterocycles. The van der Waals surface area contributed by atoms with E-state index in [4.69, 9.17) is 25.8 Å². The van der Waals surface area contributed by atoms with Gasteiger partial charge in [-0.05, 0) is 49.2 Å². The lowest BCUT2D eigenvalue weighted by Crippen LogP contribution is -2.38. The van der Waals surface area contributed by atoms with Crippen molar-refractivity contribution in [2.24, 2.45) is 0 Å².